The Kier molecular flexibility index (Phi) is 3.13. The summed E-state index contributed by atoms with van der Waals surface area (Å²) in [7, 11) is 0. The molecule has 0 amide bonds. The average molecular weight is 240 g/mol. The highest BCUT2D eigenvalue weighted by Gasteiger charge is 2.62. The van der Waals surface area contributed by atoms with Gasteiger partial charge >= 0.3 is 11.8 Å². The number of hydrogen-bond acceptors (Lipinski definition) is 2. The molecule has 0 spiro atoms. The number of nitrogens with zero attached hydrogens (tertiary/aromatic N) is 1. The fourth-order valence-electron chi connectivity index (χ4n) is 2.41. The summed E-state index contributed by atoms with van der Waals surface area (Å²) in [6.07, 6.45) is 1.77. The van der Waals surface area contributed by atoms with Gasteiger partial charge < -0.3 is 5.32 Å². The van der Waals surface area contributed by atoms with Gasteiger partial charge in [0.15, 0.2) is 0 Å². The van der Waals surface area contributed by atoms with Crippen molar-refractivity contribution in [1.82, 2.24) is 10.2 Å². The third kappa shape index (κ3) is 2.32. The van der Waals surface area contributed by atoms with Gasteiger partial charge in [0.1, 0.15) is 0 Å². The van der Waals surface area contributed by atoms with Gasteiger partial charge in [-0.2, -0.15) is 17.6 Å². The Labute approximate surface area is 92.0 Å². The standard InChI is InChI=1S/C10H16F4N2/c11-9(12)6-16(7-10(9,13)14)5-8-1-3-15-4-2-8/h8,15H,1-7H2. The van der Waals surface area contributed by atoms with Crippen LogP contribution in [0.25, 0.3) is 0 Å². The number of rotatable bonds is 2. The normalized spacial score (nSPS) is 30.8. The van der Waals surface area contributed by atoms with E-state index >= 15 is 0 Å². The maximum Gasteiger partial charge on any atom is 0.323 e. The van der Waals surface area contributed by atoms with E-state index in [1.54, 1.807) is 0 Å². The third-order valence-electron chi connectivity index (χ3n) is 3.35. The van der Waals surface area contributed by atoms with E-state index in [1.807, 2.05) is 0 Å². The van der Waals surface area contributed by atoms with Gasteiger partial charge in [0.2, 0.25) is 0 Å². The zero-order chi connectivity index (χ0) is 11.8. The van der Waals surface area contributed by atoms with Crippen LogP contribution in [0.1, 0.15) is 12.8 Å². The summed E-state index contributed by atoms with van der Waals surface area (Å²) < 4.78 is 51.7. The van der Waals surface area contributed by atoms with Gasteiger partial charge in [-0.05, 0) is 31.8 Å². The van der Waals surface area contributed by atoms with Crippen LogP contribution < -0.4 is 5.32 Å². The lowest BCUT2D eigenvalue weighted by Gasteiger charge is -2.26. The van der Waals surface area contributed by atoms with Crippen LogP contribution >= 0.6 is 0 Å². The molecular formula is C10H16F4N2. The SMILES string of the molecule is FC1(F)CN(CC2CCNCC2)CC1(F)F. The second-order valence-corrected chi connectivity index (χ2v) is 4.77. The van der Waals surface area contributed by atoms with Crippen LogP contribution in [0.15, 0.2) is 0 Å². The van der Waals surface area contributed by atoms with E-state index in [4.69, 9.17) is 0 Å². The minimum Gasteiger partial charge on any atom is -0.317 e. The van der Waals surface area contributed by atoms with Crippen LogP contribution in [-0.2, 0) is 0 Å². The zero-order valence-corrected chi connectivity index (χ0v) is 8.99. The van der Waals surface area contributed by atoms with Crippen LogP contribution in [-0.4, -0.2) is 49.5 Å². The third-order valence-corrected chi connectivity index (χ3v) is 3.35. The maximum absolute atomic E-state index is 12.9. The van der Waals surface area contributed by atoms with Crippen LogP contribution in [0.4, 0.5) is 17.6 Å². The molecule has 94 valence electrons. The number of hydrogen-bond donors (Lipinski definition) is 1. The molecule has 1 N–H and O–H groups in total. The van der Waals surface area contributed by atoms with Crippen molar-refractivity contribution in [2.24, 2.45) is 5.92 Å². The molecule has 0 radical (unpaired) electrons. The van der Waals surface area contributed by atoms with Crippen LogP contribution in [0.5, 0.6) is 0 Å². The quantitative estimate of drug-likeness (QED) is 0.737. The van der Waals surface area contributed by atoms with E-state index in [-0.39, 0.29) is 5.92 Å². The Hall–Kier alpha value is -0.360. The van der Waals surface area contributed by atoms with E-state index in [9.17, 15) is 17.6 Å². The van der Waals surface area contributed by atoms with Crippen molar-refractivity contribution in [3.05, 3.63) is 0 Å². The van der Waals surface area contributed by atoms with Gasteiger partial charge in [0.05, 0.1) is 13.1 Å². The summed E-state index contributed by atoms with van der Waals surface area (Å²) in [5, 5.41) is 3.16. The summed E-state index contributed by atoms with van der Waals surface area (Å²) >= 11 is 0. The molecule has 0 saturated carbocycles. The Morgan fingerprint density at radius 3 is 2.00 bits per heavy atom. The van der Waals surface area contributed by atoms with Crippen LogP contribution in [0.3, 0.4) is 0 Å². The molecule has 16 heavy (non-hydrogen) atoms. The number of piperidine rings is 1. The summed E-state index contributed by atoms with van der Waals surface area (Å²) in [5.74, 6) is -7.45. The van der Waals surface area contributed by atoms with Gasteiger partial charge in [-0.15, -0.1) is 0 Å². The zero-order valence-electron chi connectivity index (χ0n) is 8.99. The first-order chi connectivity index (χ1) is 7.41. The first kappa shape index (κ1) is 12.1. The minimum atomic E-state index is -3.86. The molecule has 6 heteroatoms. The summed E-state index contributed by atoms with van der Waals surface area (Å²) in [6.45, 7) is 0.470. The van der Waals surface area contributed by atoms with E-state index < -0.39 is 24.9 Å². The lowest BCUT2D eigenvalue weighted by Crippen LogP contribution is -2.38. The van der Waals surface area contributed by atoms with Crippen molar-refractivity contribution < 1.29 is 17.6 Å². The van der Waals surface area contributed by atoms with Crippen molar-refractivity contribution >= 4 is 0 Å². The molecule has 0 aromatic heterocycles. The van der Waals surface area contributed by atoms with Crippen molar-refractivity contribution in [3.63, 3.8) is 0 Å². The van der Waals surface area contributed by atoms with Crippen LogP contribution in [0, 0.1) is 5.92 Å². The number of halogens is 4. The van der Waals surface area contributed by atoms with Gasteiger partial charge in [-0.3, -0.25) is 4.90 Å². The largest absolute Gasteiger partial charge is 0.323 e. The smallest absolute Gasteiger partial charge is 0.317 e. The van der Waals surface area contributed by atoms with Crippen molar-refractivity contribution in [1.29, 1.82) is 0 Å². The predicted molar refractivity (Wildman–Crippen MR) is 51.9 cm³/mol. The Bertz CT molecular complexity index is 235. The van der Waals surface area contributed by atoms with E-state index in [1.165, 1.54) is 4.90 Å². The molecule has 2 aliphatic heterocycles. The summed E-state index contributed by atoms with van der Waals surface area (Å²) in [4.78, 5) is 1.20. The van der Waals surface area contributed by atoms with Crippen molar-refractivity contribution in [3.8, 4) is 0 Å². The molecule has 0 unspecified atom stereocenters. The topological polar surface area (TPSA) is 15.3 Å². The molecule has 0 atom stereocenters. The first-order valence-electron chi connectivity index (χ1n) is 5.59. The van der Waals surface area contributed by atoms with Crippen molar-refractivity contribution in [2.45, 2.75) is 24.7 Å². The van der Waals surface area contributed by atoms with E-state index in [0.717, 1.165) is 25.9 Å². The summed E-state index contributed by atoms with van der Waals surface area (Å²) in [5.41, 5.74) is 0. The van der Waals surface area contributed by atoms with Gasteiger partial charge in [-0.25, -0.2) is 0 Å². The molecule has 2 saturated heterocycles. The number of likely N-dealkylation sites (tertiary alicyclic amines) is 1. The average Bonchev–Trinajstić information content (AvgIpc) is 2.36. The molecule has 0 bridgehead atoms. The van der Waals surface area contributed by atoms with E-state index in [2.05, 4.69) is 5.32 Å². The minimum absolute atomic E-state index is 0.269. The molecule has 0 aliphatic carbocycles. The highest BCUT2D eigenvalue weighted by molar-refractivity contribution is 4.97. The molecule has 2 aliphatic rings. The first-order valence-corrected chi connectivity index (χ1v) is 5.59. The maximum atomic E-state index is 12.9. The second kappa shape index (κ2) is 4.14. The molecule has 2 heterocycles. The molecule has 0 aromatic carbocycles. The second-order valence-electron chi connectivity index (χ2n) is 4.77. The summed E-state index contributed by atoms with van der Waals surface area (Å²) in [6, 6.07) is 0. The van der Waals surface area contributed by atoms with Gasteiger partial charge in [0.25, 0.3) is 0 Å². The number of nitrogens with one attached hydrogen (secondary N) is 1. The molecule has 0 aromatic rings. The highest BCUT2D eigenvalue weighted by atomic mass is 19.3. The lowest BCUT2D eigenvalue weighted by atomic mass is 9.98. The van der Waals surface area contributed by atoms with Gasteiger partial charge in [0, 0.05) is 6.54 Å². The molecule has 2 rings (SSSR count). The lowest BCUT2D eigenvalue weighted by molar-refractivity contribution is -0.172. The van der Waals surface area contributed by atoms with Crippen LogP contribution in [0.2, 0.25) is 0 Å². The Morgan fingerprint density at radius 1 is 1.00 bits per heavy atom. The fraction of sp³-hybridized carbons (Fsp3) is 1.00. The van der Waals surface area contributed by atoms with Crippen molar-refractivity contribution in [2.75, 3.05) is 32.7 Å². The fourth-order valence-corrected chi connectivity index (χ4v) is 2.41. The highest BCUT2D eigenvalue weighted by Crippen LogP contribution is 2.41. The molecule has 2 fully saturated rings. The van der Waals surface area contributed by atoms with E-state index in [0.29, 0.717) is 6.54 Å². The van der Waals surface area contributed by atoms with Gasteiger partial charge in [-0.1, -0.05) is 0 Å². The Morgan fingerprint density at radius 2 is 1.50 bits per heavy atom. The Balaban J connectivity index is 1.88. The monoisotopic (exact) mass is 240 g/mol. The molecular weight excluding hydrogens is 224 g/mol. The number of alkyl halides is 4. The molecule has 2 nitrogen and oxygen atoms in total. The predicted octanol–water partition coefficient (Wildman–Crippen LogP) is 1.57.